The maximum Gasteiger partial charge on any atom is 0.0465 e. The highest BCUT2D eigenvalue weighted by Gasteiger charge is 2.07. The lowest BCUT2D eigenvalue weighted by molar-refractivity contribution is 0.197. The van der Waals surface area contributed by atoms with E-state index >= 15 is 0 Å². The van der Waals surface area contributed by atoms with Crippen LogP contribution in [0.15, 0.2) is 0 Å². The minimum Gasteiger partial charge on any atom is -0.385 e. The molecule has 0 rings (SSSR count). The Morgan fingerprint density at radius 2 is 0.941 bits per heavy atom. The third-order valence-electron chi connectivity index (χ3n) is 2.47. The van der Waals surface area contributed by atoms with Crippen LogP contribution in [0.3, 0.4) is 0 Å². The number of ether oxygens (including phenoxy) is 3. The largest absolute Gasteiger partial charge is 0.385 e. The predicted octanol–water partition coefficient (Wildman–Crippen LogP) is 3.00. The van der Waals surface area contributed by atoms with E-state index in [1.54, 1.807) is 21.3 Å². The van der Waals surface area contributed by atoms with Gasteiger partial charge in [0.1, 0.15) is 0 Å². The third kappa shape index (κ3) is 14.5. The predicted molar refractivity (Wildman–Crippen MR) is 78.2 cm³/mol. The molecule has 0 spiro atoms. The molecule has 0 fully saturated rings. The zero-order valence-electron chi connectivity index (χ0n) is 11.4. The number of hydrogen-bond acceptors (Lipinski definition) is 3. The van der Waals surface area contributed by atoms with Crippen molar-refractivity contribution in [3.63, 3.8) is 0 Å². The van der Waals surface area contributed by atoms with Crippen LogP contribution in [0.5, 0.6) is 0 Å². The lowest BCUT2D eigenvalue weighted by atomic mass is 10.5. The van der Waals surface area contributed by atoms with Gasteiger partial charge in [-0.3, -0.25) is 0 Å². The van der Waals surface area contributed by atoms with Crippen molar-refractivity contribution >= 4 is 20.3 Å². The molecule has 0 aliphatic rings. The first kappa shape index (κ1) is 19.9. The van der Waals surface area contributed by atoms with Crippen molar-refractivity contribution in [1.82, 2.24) is 0 Å². The van der Waals surface area contributed by atoms with Gasteiger partial charge in [-0.2, -0.15) is 0 Å². The van der Waals surface area contributed by atoms with E-state index in [4.69, 9.17) is 14.2 Å². The molecule has 3 nitrogen and oxygen atoms in total. The van der Waals surface area contributed by atoms with Crippen LogP contribution in [-0.4, -0.2) is 59.6 Å². The SMILES string of the molecule is COCCCP(CCCOC)CCCOC.Cl. The summed E-state index contributed by atoms with van der Waals surface area (Å²) in [6.07, 6.45) is 7.58. The van der Waals surface area contributed by atoms with Gasteiger partial charge in [-0.15, -0.1) is 20.3 Å². The zero-order valence-corrected chi connectivity index (χ0v) is 13.2. The number of halogens is 1. The van der Waals surface area contributed by atoms with Gasteiger partial charge in [0.05, 0.1) is 0 Å². The second-order valence-corrected chi connectivity index (χ2v) is 6.56. The Labute approximate surface area is 114 Å². The quantitative estimate of drug-likeness (QED) is 0.408. The monoisotopic (exact) mass is 286 g/mol. The van der Waals surface area contributed by atoms with Gasteiger partial charge in [-0.05, 0) is 37.7 Å². The highest BCUT2D eigenvalue weighted by molar-refractivity contribution is 7.57. The number of hydrogen-bond donors (Lipinski definition) is 0. The van der Waals surface area contributed by atoms with E-state index in [0.29, 0.717) is 0 Å². The average molecular weight is 287 g/mol. The molecule has 17 heavy (non-hydrogen) atoms. The van der Waals surface area contributed by atoms with Gasteiger partial charge in [0.25, 0.3) is 0 Å². The molecule has 0 bridgehead atoms. The minimum absolute atomic E-state index is 0. The maximum absolute atomic E-state index is 5.10. The van der Waals surface area contributed by atoms with Crippen LogP contribution in [0.4, 0.5) is 0 Å². The summed E-state index contributed by atoms with van der Waals surface area (Å²) in [6.45, 7) is 2.69. The van der Waals surface area contributed by atoms with Gasteiger partial charge in [-0.1, -0.05) is 0 Å². The Bertz CT molecular complexity index is 115. The van der Waals surface area contributed by atoms with Crippen molar-refractivity contribution < 1.29 is 14.2 Å². The smallest absolute Gasteiger partial charge is 0.0465 e. The molecule has 0 aromatic heterocycles. The highest BCUT2D eigenvalue weighted by Crippen LogP contribution is 2.37. The van der Waals surface area contributed by atoms with Gasteiger partial charge in [-0.25, -0.2) is 0 Å². The van der Waals surface area contributed by atoms with Gasteiger partial charge in [0, 0.05) is 41.2 Å². The van der Waals surface area contributed by atoms with Gasteiger partial charge >= 0.3 is 0 Å². The molecule has 106 valence electrons. The standard InChI is InChI=1S/C12H27O3P.ClH/c1-13-7-4-10-16(11-5-8-14-2)12-6-9-15-3;/h4-12H2,1-3H3;1H. The summed E-state index contributed by atoms with van der Waals surface area (Å²) in [5.41, 5.74) is 0. The van der Waals surface area contributed by atoms with E-state index in [0.717, 1.165) is 19.8 Å². The molecular weight excluding hydrogens is 259 g/mol. The van der Waals surface area contributed by atoms with Crippen molar-refractivity contribution in [3.8, 4) is 0 Å². The third-order valence-corrected chi connectivity index (χ3v) is 5.31. The van der Waals surface area contributed by atoms with Crippen LogP contribution in [0.2, 0.25) is 0 Å². The van der Waals surface area contributed by atoms with Crippen molar-refractivity contribution in [2.75, 3.05) is 59.6 Å². The second-order valence-electron chi connectivity index (χ2n) is 3.88. The molecule has 0 amide bonds. The first-order chi connectivity index (χ1) is 7.85. The van der Waals surface area contributed by atoms with E-state index in [2.05, 4.69) is 0 Å². The second kappa shape index (κ2) is 16.6. The van der Waals surface area contributed by atoms with Crippen molar-refractivity contribution in [2.24, 2.45) is 0 Å². The van der Waals surface area contributed by atoms with E-state index in [9.17, 15) is 0 Å². The first-order valence-electron chi connectivity index (χ1n) is 6.04. The van der Waals surface area contributed by atoms with Gasteiger partial charge in [0.15, 0.2) is 0 Å². The molecule has 0 atom stereocenters. The zero-order chi connectivity index (χ0) is 12.1. The summed E-state index contributed by atoms with van der Waals surface area (Å²) in [7, 11) is 5.49. The normalized spacial score (nSPS) is 10.6. The van der Waals surface area contributed by atoms with Crippen LogP contribution in [0.25, 0.3) is 0 Å². The fourth-order valence-electron chi connectivity index (χ4n) is 1.63. The Morgan fingerprint density at radius 1 is 0.647 bits per heavy atom. The van der Waals surface area contributed by atoms with E-state index < -0.39 is 0 Å². The van der Waals surface area contributed by atoms with Crippen molar-refractivity contribution in [2.45, 2.75) is 19.3 Å². The van der Waals surface area contributed by atoms with E-state index in [1.165, 1.54) is 37.7 Å². The van der Waals surface area contributed by atoms with Gasteiger partial charge < -0.3 is 14.2 Å². The fourth-order valence-corrected chi connectivity index (χ4v) is 4.03. The Morgan fingerprint density at radius 3 is 1.18 bits per heavy atom. The molecule has 0 saturated carbocycles. The Kier molecular flexibility index (Phi) is 19.5. The van der Waals surface area contributed by atoms with Crippen molar-refractivity contribution in [1.29, 1.82) is 0 Å². The summed E-state index contributed by atoms with van der Waals surface area (Å²) in [6, 6.07) is 0. The molecule has 0 aliphatic carbocycles. The van der Waals surface area contributed by atoms with E-state index in [1.807, 2.05) is 0 Å². The van der Waals surface area contributed by atoms with Crippen LogP contribution in [-0.2, 0) is 14.2 Å². The summed E-state index contributed by atoms with van der Waals surface area (Å²) in [4.78, 5) is 0. The number of rotatable bonds is 12. The molecule has 0 saturated heterocycles. The molecule has 5 heteroatoms. The highest BCUT2D eigenvalue weighted by atomic mass is 35.5. The molecule has 0 N–H and O–H groups in total. The summed E-state index contributed by atoms with van der Waals surface area (Å²) in [5, 5.41) is 0. The molecule has 0 unspecified atom stereocenters. The van der Waals surface area contributed by atoms with E-state index in [-0.39, 0.29) is 20.3 Å². The molecule has 0 aliphatic heterocycles. The lowest BCUT2D eigenvalue weighted by Crippen LogP contribution is -2.03. The van der Waals surface area contributed by atoms with Crippen molar-refractivity contribution in [3.05, 3.63) is 0 Å². The summed E-state index contributed by atoms with van der Waals surface area (Å²) in [5.74, 6) is 0. The maximum atomic E-state index is 5.10. The van der Waals surface area contributed by atoms with Crippen LogP contribution < -0.4 is 0 Å². The fraction of sp³-hybridized carbons (Fsp3) is 1.00. The molecule has 0 heterocycles. The van der Waals surface area contributed by atoms with Gasteiger partial charge in [0.2, 0.25) is 0 Å². The van der Waals surface area contributed by atoms with Crippen LogP contribution in [0.1, 0.15) is 19.3 Å². The molecular formula is C12H28ClO3P. The molecule has 0 aromatic carbocycles. The summed E-state index contributed by atoms with van der Waals surface area (Å²) >= 11 is 0. The lowest BCUT2D eigenvalue weighted by Gasteiger charge is -2.17. The van der Waals surface area contributed by atoms with Crippen LogP contribution >= 0.6 is 20.3 Å². The Hall–Kier alpha value is 0.600. The number of methoxy groups -OCH3 is 3. The minimum atomic E-state index is 0. The summed E-state index contributed by atoms with van der Waals surface area (Å²) < 4.78 is 15.3. The Balaban J connectivity index is 0. The topological polar surface area (TPSA) is 27.7 Å². The molecule has 0 radical (unpaired) electrons. The molecule has 0 aromatic rings. The average Bonchev–Trinajstić information content (AvgIpc) is 2.29. The van der Waals surface area contributed by atoms with Crippen LogP contribution in [0, 0.1) is 0 Å². The first-order valence-corrected chi connectivity index (χ1v) is 7.94.